The van der Waals surface area contributed by atoms with Gasteiger partial charge in [0.1, 0.15) is 0 Å². The molecule has 1 saturated carbocycles. The average molecular weight is 316 g/mol. The summed E-state index contributed by atoms with van der Waals surface area (Å²) in [6.45, 7) is -0.418. The zero-order valence-corrected chi connectivity index (χ0v) is 11.7. The van der Waals surface area contributed by atoms with Crippen molar-refractivity contribution < 1.29 is 36.4 Å². The fraction of sp³-hybridized carbons (Fsp3) is 0.909. The molecule has 1 fully saturated rings. The molecule has 6 nitrogen and oxygen atoms in total. The monoisotopic (exact) mass is 316 g/mol. The van der Waals surface area contributed by atoms with Crippen LogP contribution in [0, 0.1) is 5.41 Å². The summed E-state index contributed by atoms with van der Waals surface area (Å²) in [6, 6.07) is 0. The zero-order valence-electron chi connectivity index (χ0n) is 10.8. The van der Waals surface area contributed by atoms with Gasteiger partial charge in [-0.2, -0.15) is 17.2 Å². The number of hydrogen-bond donors (Lipinski definition) is 2. The highest BCUT2D eigenvalue weighted by atomic mass is 32.2. The number of alkyl halides is 2. The summed E-state index contributed by atoms with van der Waals surface area (Å²) < 4.78 is 59.0. The molecular weight excluding hydrogens is 298 g/mol. The first-order chi connectivity index (χ1) is 9.15. The van der Waals surface area contributed by atoms with E-state index in [4.69, 9.17) is 9.66 Å². The maximum Gasteiger partial charge on any atom is 0.465 e. The summed E-state index contributed by atoms with van der Waals surface area (Å²) in [5.74, 6) is -2.28. The third kappa shape index (κ3) is 3.86. The lowest BCUT2D eigenvalue weighted by atomic mass is 9.80. The number of esters is 1. The first-order valence-electron chi connectivity index (χ1n) is 6.28. The Morgan fingerprint density at radius 3 is 2.25 bits per heavy atom. The van der Waals surface area contributed by atoms with E-state index in [0.717, 1.165) is 25.7 Å². The van der Waals surface area contributed by atoms with Gasteiger partial charge in [0, 0.05) is 6.61 Å². The van der Waals surface area contributed by atoms with Crippen LogP contribution in [0.15, 0.2) is 0 Å². The molecule has 0 spiro atoms. The van der Waals surface area contributed by atoms with Crippen molar-refractivity contribution in [3.63, 3.8) is 0 Å². The topological polar surface area (TPSA) is 101 Å². The Bertz CT molecular complexity index is 442. The molecule has 9 heteroatoms. The highest BCUT2D eigenvalue weighted by Crippen LogP contribution is 2.43. The molecule has 20 heavy (non-hydrogen) atoms. The van der Waals surface area contributed by atoms with Gasteiger partial charge in [-0.1, -0.05) is 12.8 Å². The van der Waals surface area contributed by atoms with Crippen LogP contribution in [0.2, 0.25) is 0 Å². The lowest BCUT2D eigenvalue weighted by molar-refractivity contribution is -0.162. The van der Waals surface area contributed by atoms with Gasteiger partial charge < -0.3 is 9.84 Å². The van der Waals surface area contributed by atoms with Gasteiger partial charge in [0.05, 0.1) is 6.61 Å². The predicted octanol–water partition coefficient (Wildman–Crippen LogP) is 1.34. The second-order valence-corrected chi connectivity index (χ2v) is 6.52. The summed E-state index contributed by atoms with van der Waals surface area (Å²) in [5, 5.41) is 4.04. The molecule has 1 aliphatic rings. The van der Waals surface area contributed by atoms with Crippen molar-refractivity contribution in [1.82, 2.24) is 0 Å². The number of ether oxygens (including phenoxy) is 1. The summed E-state index contributed by atoms with van der Waals surface area (Å²) in [4.78, 5) is 11.0. The number of aliphatic hydroxyl groups excluding tert-OH is 1. The number of carbonyl (C=O) groups excluding carboxylic acids is 1. The molecule has 0 heterocycles. The summed E-state index contributed by atoms with van der Waals surface area (Å²) in [6.07, 6.45) is 4.28. The summed E-state index contributed by atoms with van der Waals surface area (Å²) >= 11 is 0. The fourth-order valence-corrected chi connectivity index (χ4v) is 2.81. The Labute approximate surface area is 115 Å². The van der Waals surface area contributed by atoms with E-state index in [1.807, 2.05) is 0 Å². The van der Waals surface area contributed by atoms with Gasteiger partial charge in [-0.15, -0.1) is 0 Å². The third-order valence-electron chi connectivity index (χ3n) is 3.73. The number of aliphatic hydroxyl groups is 1. The highest BCUT2D eigenvalue weighted by Gasteiger charge is 2.54. The van der Waals surface area contributed by atoms with E-state index in [0.29, 0.717) is 6.42 Å². The van der Waals surface area contributed by atoms with Crippen molar-refractivity contribution in [3.8, 4) is 0 Å². The lowest BCUT2D eigenvalue weighted by Gasteiger charge is -2.28. The Kier molecular flexibility index (Phi) is 5.45. The maximum atomic E-state index is 12.9. The molecule has 0 aromatic heterocycles. The highest BCUT2D eigenvalue weighted by molar-refractivity contribution is 7.87. The molecule has 0 amide bonds. The molecule has 0 aliphatic heterocycles. The summed E-state index contributed by atoms with van der Waals surface area (Å²) in [5.41, 5.74) is -0.248. The molecule has 0 atom stereocenters. The zero-order chi connectivity index (χ0) is 15.4. The molecule has 0 bridgehead atoms. The first kappa shape index (κ1) is 17.3. The van der Waals surface area contributed by atoms with E-state index >= 15 is 0 Å². The molecule has 1 rings (SSSR count). The van der Waals surface area contributed by atoms with Crippen LogP contribution < -0.4 is 0 Å². The SMILES string of the molecule is O=C(OCCC1(CCO)CCCC1)C(F)(F)S(=O)(=O)O. The van der Waals surface area contributed by atoms with E-state index in [1.165, 1.54) is 0 Å². The van der Waals surface area contributed by atoms with E-state index in [9.17, 15) is 22.0 Å². The van der Waals surface area contributed by atoms with Crippen LogP contribution in [-0.4, -0.2) is 42.5 Å². The smallest absolute Gasteiger partial charge is 0.460 e. The van der Waals surface area contributed by atoms with Crippen molar-refractivity contribution in [3.05, 3.63) is 0 Å². The minimum absolute atomic E-state index is 0.0465. The Balaban J connectivity index is 2.53. The number of rotatable bonds is 7. The van der Waals surface area contributed by atoms with E-state index < -0.39 is 21.3 Å². The van der Waals surface area contributed by atoms with Crippen LogP contribution in [0.25, 0.3) is 0 Å². The van der Waals surface area contributed by atoms with Crippen molar-refractivity contribution in [2.45, 2.75) is 43.8 Å². The third-order valence-corrected chi connectivity index (χ3v) is 4.55. The van der Waals surface area contributed by atoms with Crippen LogP contribution in [-0.2, 0) is 19.6 Å². The molecule has 1 aliphatic carbocycles. The molecule has 0 radical (unpaired) electrons. The van der Waals surface area contributed by atoms with E-state index in [1.54, 1.807) is 0 Å². The van der Waals surface area contributed by atoms with Crippen LogP contribution in [0.4, 0.5) is 8.78 Å². The van der Waals surface area contributed by atoms with Gasteiger partial charge >= 0.3 is 21.3 Å². The molecule has 0 aromatic carbocycles. The molecule has 0 aromatic rings. The van der Waals surface area contributed by atoms with Crippen LogP contribution >= 0.6 is 0 Å². The normalized spacial score (nSPS) is 19.0. The number of hydrogen-bond acceptors (Lipinski definition) is 5. The minimum atomic E-state index is -5.82. The summed E-state index contributed by atoms with van der Waals surface area (Å²) in [7, 11) is -5.82. The standard InChI is InChI=1S/C11H18F2O6S/c12-11(13,20(16,17)18)9(15)19-8-6-10(5-7-14)3-1-2-4-10/h14H,1-8H2,(H,16,17,18). The molecule has 0 unspecified atom stereocenters. The van der Waals surface area contributed by atoms with Crippen LogP contribution in [0.1, 0.15) is 38.5 Å². The molecule has 118 valence electrons. The predicted molar refractivity (Wildman–Crippen MR) is 64.7 cm³/mol. The van der Waals surface area contributed by atoms with Crippen molar-refractivity contribution in [2.24, 2.45) is 5.41 Å². The fourth-order valence-electron chi connectivity index (χ4n) is 2.54. The van der Waals surface area contributed by atoms with Crippen molar-refractivity contribution in [1.29, 1.82) is 0 Å². The molecular formula is C11H18F2O6S. The van der Waals surface area contributed by atoms with Gasteiger partial charge in [-0.25, -0.2) is 4.79 Å². The van der Waals surface area contributed by atoms with Gasteiger partial charge in [0.25, 0.3) is 0 Å². The Morgan fingerprint density at radius 1 is 1.25 bits per heavy atom. The van der Waals surface area contributed by atoms with E-state index in [2.05, 4.69) is 4.74 Å². The average Bonchev–Trinajstić information content (AvgIpc) is 2.76. The largest absolute Gasteiger partial charge is 0.465 e. The number of halogens is 2. The van der Waals surface area contributed by atoms with Crippen LogP contribution in [0.5, 0.6) is 0 Å². The molecule has 0 saturated heterocycles. The van der Waals surface area contributed by atoms with Gasteiger partial charge in [-0.05, 0) is 31.1 Å². The van der Waals surface area contributed by atoms with Crippen molar-refractivity contribution >= 4 is 16.1 Å². The molecule has 2 N–H and O–H groups in total. The maximum absolute atomic E-state index is 12.9. The second kappa shape index (κ2) is 6.31. The lowest BCUT2D eigenvalue weighted by Crippen LogP contribution is -2.39. The Hall–Kier alpha value is -0.800. The van der Waals surface area contributed by atoms with Gasteiger partial charge in [0.15, 0.2) is 0 Å². The van der Waals surface area contributed by atoms with Gasteiger partial charge in [-0.3, -0.25) is 4.55 Å². The van der Waals surface area contributed by atoms with Gasteiger partial charge in [0.2, 0.25) is 0 Å². The minimum Gasteiger partial charge on any atom is -0.460 e. The quantitative estimate of drug-likeness (QED) is 0.543. The first-order valence-corrected chi connectivity index (χ1v) is 7.72. The number of carbonyl (C=O) groups is 1. The second-order valence-electron chi connectivity index (χ2n) is 5.06. The van der Waals surface area contributed by atoms with E-state index in [-0.39, 0.29) is 25.0 Å². The van der Waals surface area contributed by atoms with Crippen molar-refractivity contribution in [2.75, 3.05) is 13.2 Å². The Morgan fingerprint density at radius 2 is 1.80 bits per heavy atom. The van der Waals surface area contributed by atoms with Crippen LogP contribution in [0.3, 0.4) is 0 Å².